The lowest BCUT2D eigenvalue weighted by Gasteiger charge is -2.00. The van der Waals surface area contributed by atoms with Crippen LogP contribution in [0.2, 0.25) is 0 Å². The van der Waals surface area contributed by atoms with E-state index in [2.05, 4.69) is 0 Å². The standard InChI is InChI=1S/C12H8O3/c1-7-8-2-4-15-12(8)10(6-13)9-3-5-14-11(7)9/h2-6H,1H3. The van der Waals surface area contributed by atoms with Crippen molar-refractivity contribution >= 4 is 28.2 Å². The van der Waals surface area contributed by atoms with Crippen molar-refractivity contribution in [1.82, 2.24) is 0 Å². The highest BCUT2D eigenvalue weighted by Crippen LogP contribution is 2.32. The minimum Gasteiger partial charge on any atom is -0.464 e. The van der Waals surface area contributed by atoms with Gasteiger partial charge in [0, 0.05) is 16.3 Å². The maximum Gasteiger partial charge on any atom is 0.154 e. The SMILES string of the molecule is Cc1c2ccoc2c(C=O)c2ccoc12. The molecule has 1 aromatic carbocycles. The number of rotatable bonds is 1. The number of hydrogen-bond acceptors (Lipinski definition) is 3. The van der Waals surface area contributed by atoms with E-state index in [1.165, 1.54) is 0 Å². The van der Waals surface area contributed by atoms with Crippen molar-refractivity contribution in [3.8, 4) is 0 Å². The first kappa shape index (κ1) is 8.29. The first-order valence-corrected chi connectivity index (χ1v) is 4.65. The lowest BCUT2D eigenvalue weighted by molar-refractivity contribution is 0.112. The van der Waals surface area contributed by atoms with Gasteiger partial charge in [-0.25, -0.2) is 0 Å². The van der Waals surface area contributed by atoms with Crippen LogP contribution < -0.4 is 0 Å². The smallest absolute Gasteiger partial charge is 0.154 e. The third kappa shape index (κ3) is 0.920. The largest absolute Gasteiger partial charge is 0.464 e. The molecule has 0 amide bonds. The predicted molar refractivity (Wildman–Crippen MR) is 56.1 cm³/mol. The van der Waals surface area contributed by atoms with Crippen LogP contribution >= 0.6 is 0 Å². The summed E-state index contributed by atoms with van der Waals surface area (Å²) in [6.07, 6.45) is 3.98. The van der Waals surface area contributed by atoms with Crippen molar-refractivity contribution in [3.63, 3.8) is 0 Å². The quantitative estimate of drug-likeness (QED) is 0.566. The molecule has 0 saturated heterocycles. The van der Waals surface area contributed by atoms with Gasteiger partial charge in [-0.1, -0.05) is 0 Å². The molecule has 15 heavy (non-hydrogen) atoms. The maximum absolute atomic E-state index is 11.0. The van der Waals surface area contributed by atoms with Gasteiger partial charge in [-0.15, -0.1) is 0 Å². The maximum atomic E-state index is 11.0. The first-order valence-electron chi connectivity index (χ1n) is 4.65. The van der Waals surface area contributed by atoms with Crippen LogP contribution in [0.1, 0.15) is 15.9 Å². The van der Waals surface area contributed by atoms with Crippen LogP contribution in [-0.2, 0) is 0 Å². The summed E-state index contributed by atoms with van der Waals surface area (Å²) in [5.74, 6) is 0. The molecule has 3 rings (SSSR count). The second-order valence-electron chi connectivity index (χ2n) is 3.48. The van der Waals surface area contributed by atoms with E-state index in [1.807, 2.05) is 13.0 Å². The zero-order valence-corrected chi connectivity index (χ0v) is 8.11. The highest BCUT2D eigenvalue weighted by molar-refractivity contribution is 6.10. The van der Waals surface area contributed by atoms with Gasteiger partial charge in [0.2, 0.25) is 0 Å². The van der Waals surface area contributed by atoms with Gasteiger partial charge >= 0.3 is 0 Å². The molecule has 0 fully saturated rings. The van der Waals surface area contributed by atoms with Crippen molar-refractivity contribution in [2.24, 2.45) is 0 Å². The van der Waals surface area contributed by atoms with E-state index in [-0.39, 0.29) is 0 Å². The second-order valence-corrected chi connectivity index (χ2v) is 3.48. The van der Waals surface area contributed by atoms with Crippen molar-refractivity contribution in [1.29, 1.82) is 0 Å². The minimum atomic E-state index is 0.560. The summed E-state index contributed by atoms with van der Waals surface area (Å²) in [4.78, 5) is 11.0. The Morgan fingerprint density at radius 1 is 1.07 bits per heavy atom. The zero-order valence-electron chi connectivity index (χ0n) is 8.11. The molecular formula is C12H8O3. The first-order chi connectivity index (χ1) is 7.33. The lowest BCUT2D eigenvalue weighted by atomic mass is 10.0. The molecule has 0 saturated carbocycles. The average molecular weight is 200 g/mol. The summed E-state index contributed by atoms with van der Waals surface area (Å²) >= 11 is 0. The van der Waals surface area contributed by atoms with Crippen molar-refractivity contribution in [3.05, 3.63) is 35.8 Å². The van der Waals surface area contributed by atoms with Crippen LogP contribution in [0.4, 0.5) is 0 Å². The van der Waals surface area contributed by atoms with Gasteiger partial charge in [-0.3, -0.25) is 4.79 Å². The summed E-state index contributed by atoms with van der Waals surface area (Å²) < 4.78 is 10.7. The molecule has 0 aliphatic rings. The van der Waals surface area contributed by atoms with Crippen molar-refractivity contribution in [2.75, 3.05) is 0 Å². The normalized spacial score (nSPS) is 11.3. The summed E-state index contributed by atoms with van der Waals surface area (Å²) in [5.41, 5.74) is 2.95. The monoisotopic (exact) mass is 200 g/mol. The summed E-state index contributed by atoms with van der Waals surface area (Å²) in [6, 6.07) is 3.63. The molecule has 0 N–H and O–H groups in total. The van der Waals surface area contributed by atoms with Crippen LogP contribution in [0.5, 0.6) is 0 Å². The lowest BCUT2D eigenvalue weighted by Crippen LogP contribution is -1.85. The van der Waals surface area contributed by atoms with Gasteiger partial charge < -0.3 is 8.83 Å². The Bertz CT molecular complexity index is 606. The topological polar surface area (TPSA) is 43.4 Å². The predicted octanol–water partition coefficient (Wildman–Crippen LogP) is 3.30. The van der Waals surface area contributed by atoms with Crippen LogP contribution in [-0.4, -0.2) is 6.29 Å². The summed E-state index contributed by atoms with van der Waals surface area (Å²) in [7, 11) is 0. The van der Waals surface area contributed by atoms with Crippen molar-refractivity contribution < 1.29 is 13.6 Å². The highest BCUT2D eigenvalue weighted by Gasteiger charge is 2.15. The Hall–Kier alpha value is -2.03. The van der Waals surface area contributed by atoms with Gasteiger partial charge in [0.1, 0.15) is 11.2 Å². The van der Waals surface area contributed by atoms with E-state index in [4.69, 9.17) is 8.83 Å². The zero-order chi connectivity index (χ0) is 10.4. The second kappa shape index (κ2) is 2.73. The molecule has 0 bridgehead atoms. The van der Waals surface area contributed by atoms with Gasteiger partial charge in [0.05, 0.1) is 18.1 Å². The number of aldehydes is 1. The molecule has 3 nitrogen and oxygen atoms in total. The number of carbonyl (C=O) groups excluding carboxylic acids is 1. The molecule has 0 unspecified atom stereocenters. The molecule has 2 heterocycles. The van der Waals surface area contributed by atoms with Gasteiger partial charge in [0.15, 0.2) is 6.29 Å². The van der Waals surface area contributed by atoms with E-state index < -0.39 is 0 Å². The number of furan rings is 2. The van der Waals surface area contributed by atoms with E-state index in [0.29, 0.717) is 11.1 Å². The molecule has 0 aliphatic carbocycles. The molecule has 74 valence electrons. The Morgan fingerprint density at radius 2 is 1.73 bits per heavy atom. The van der Waals surface area contributed by atoms with E-state index in [0.717, 1.165) is 28.2 Å². The fourth-order valence-electron chi connectivity index (χ4n) is 1.99. The minimum absolute atomic E-state index is 0.560. The Labute approximate surface area is 85.3 Å². The molecule has 0 aliphatic heterocycles. The number of hydrogen-bond donors (Lipinski definition) is 0. The van der Waals surface area contributed by atoms with Gasteiger partial charge in [0.25, 0.3) is 0 Å². The Kier molecular flexibility index (Phi) is 1.51. The Balaban J connectivity index is 2.70. The van der Waals surface area contributed by atoms with E-state index in [1.54, 1.807) is 18.6 Å². The summed E-state index contributed by atoms with van der Waals surface area (Å²) in [6.45, 7) is 1.96. The highest BCUT2D eigenvalue weighted by atomic mass is 16.3. The number of aryl methyl sites for hydroxylation is 1. The van der Waals surface area contributed by atoms with Crippen LogP contribution in [0.15, 0.2) is 33.5 Å². The van der Waals surface area contributed by atoms with Crippen LogP contribution in [0, 0.1) is 6.92 Å². The molecule has 2 aromatic heterocycles. The third-order valence-corrected chi connectivity index (χ3v) is 2.73. The number of benzene rings is 1. The molecule has 0 spiro atoms. The molecule has 3 heteroatoms. The van der Waals surface area contributed by atoms with Crippen LogP contribution in [0.25, 0.3) is 21.9 Å². The number of fused-ring (bicyclic) bond motifs is 2. The Morgan fingerprint density at radius 3 is 2.47 bits per heavy atom. The van der Waals surface area contributed by atoms with Gasteiger partial charge in [-0.2, -0.15) is 0 Å². The number of carbonyl (C=O) groups is 1. The third-order valence-electron chi connectivity index (χ3n) is 2.73. The fourth-order valence-corrected chi connectivity index (χ4v) is 1.99. The molecule has 3 aromatic rings. The van der Waals surface area contributed by atoms with Crippen molar-refractivity contribution in [2.45, 2.75) is 6.92 Å². The van der Waals surface area contributed by atoms with E-state index in [9.17, 15) is 4.79 Å². The molecule has 0 radical (unpaired) electrons. The fraction of sp³-hybridized carbons (Fsp3) is 0.0833. The average Bonchev–Trinajstić information content (AvgIpc) is 2.85. The molecular weight excluding hydrogens is 192 g/mol. The molecule has 0 atom stereocenters. The van der Waals surface area contributed by atoms with E-state index >= 15 is 0 Å². The van der Waals surface area contributed by atoms with Crippen LogP contribution in [0.3, 0.4) is 0 Å². The van der Waals surface area contributed by atoms with Gasteiger partial charge in [-0.05, 0) is 19.1 Å². The summed E-state index contributed by atoms with van der Waals surface area (Å²) in [5, 5.41) is 1.74.